The Labute approximate surface area is 131 Å². The predicted octanol–water partition coefficient (Wildman–Crippen LogP) is 5.80. The van der Waals surface area contributed by atoms with Gasteiger partial charge in [0.05, 0.1) is 0 Å². The van der Waals surface area contributed by atoms with E-state index < -0.39 is 19.9 Å². The molecule has 0 radical (unpaired) electrons. The van der Waals surface area contributed by atoms with Crippen LogP contribution in [0, 0.1) is 11.2 Å². The van der Waals surface area contributed by atoms with Gasteiger partial charge in [0.1, 0.15) is 0 Å². The van der Waals surface area contributed by atoms with Crippen LogP contribution in [0.1, 0.15) is 72.6 Å². The predicted molar refractivity (Wildman–Crippen MR) is 93.4 cm³/mol. The second kappa shape index (κ2) is 6.01. The zero-order chi connectivity index (χ0) is 16.5. The van der Waals surface area contributed by atoms with Crippen molar-refractivity contribution >= 4 is 10.4 Å². The number of halogens is 1. The standard InChI is InChI=1S/C18H28FNS/c1-14(2)16-10-9-15(13-20-16)11-12-21(19,17(3,4)5)18(6,7)8/h9-10,13-14H,1-8H3. The van der Waals surface area contributed by atoms with Gasteiger partial charge in [-0.3, -0.25) is 4.98 Å². The first-order valence-corrected chi connectivity index (χ1v) is 8.92. The molecule has 0 saturated heterocycles. The molecule has 21 heavy (non-hydrogen) atoms. The van der Waals surface area contributed by atoms with Crippen LogP contribution >= 0.6 is 10.4 Å². The van der Waals surface area contributed by atoms with Crippen LogP contribution in [-0.2, 0) is 0 Å². The van der Waals surface area contributed by atoms with Gasteiger partial charge in [-0.05, 0) is 75.3 Å². The highest BCUT2D eigenvalue weighted by Gasteiger charge is 2.45. The molecule has 0 N–H and O–H groups in total. The van der Waals surface area contributed by atoms with Gasteiger partial charge < -0.3 is 0 Å². The third-order valence-electron chi connectivity index (χ3n) is 3.40. The molecule has 0 fully saturated rings. The molecule has 1 rings (SSSR count). The van der Waals surface area contributed by atoms with Gasteiger partial charge in [0, 0.05) is 26.9 Å². The van der Waals surface area contributed by atoms with Crippen LogP contribution in [-0.4, -0.2) is 14.5 Å². The number of aromatic nitrogens is 1. The molecule has 0 unspecified atom stereocenters. The maximum atomic E-state index is 15.6. The van der Waals surface area contributed by atoms with Crippen molar-refractivity contribution in [3.63, 3.8) is 0 Å². The normalized spacial score (nSPS) is 13.8. The van der Waals surface area contributed by atoms with Crippen LogP contribution < -0.4 is 0 Å². The Bertz CT molecular complexity index is 522. The van der Waals surface area contributed by atoms with Crippen LogP contribution in [0.4, 0.5) is 3.89 Å². The molecule has 1 nitrogen and oxygen atoms in total. The summed E-state index contributed by atoms with van der Waals surface area (Å²) in [5, 5.41) is 2.97. The summed E-state index contributed by atoms with van der Waals surface area (Å²) in [7, 11) is -2.58. The molecule has 0 amide bonds. The molecule has 0 saturated carbocycles. The molecule has 118 valence electrons. The Morgan fingerprint density at radius 3 is 1.90 bits per heavy atom. The van der Waals surface area contributed by atoms with Gasteiger partial charge in [-0.1, -0.05) is 19.8 Å². The van der Waals surface area contributed by atoms with Crippen LogP contribution in [0.2, 0.25) is 0 Å². The van der Waals surface area contributed by atoms with Crippen molar-refractivity contribution in [2.24, 2.45) is 0 Å². The second-order valence-corrected chi connectivity index (χ2v) is 11.3. The summed E-state index contributed by atoms with van der Waals surface area (Å²) in [6, 6.07) is 3.90. The first-order chi connectivity index (χ1) is 9.38. The Morgan fingerprint density at radius 2 is 1.57 bits per heavy atom. The summed E-state index contributed by atoms with van der Waals surface area (Å²) in [4.78, 5) is 4.39. The zero-order valence-corrected chi connectivity index (χ0v) is 15.4. The van der Waals surface area contributed by atoms with Crippen LogP contribution in [0.15, 0.2) is 18.3 Å². The molecule has 0 spiro atoms. The van der Waals surface area contributed by atoms with Gasteiger partial charge in [0.2, 0.25) is 0 Å². The molecule has 3 heteroatoms. The lowest BCUT2D eigenvalue weighted by molar-refractivity contribution is 0.655. The summed E-state index contributed by atoms with van der Waals surface area (Å²) in [6.07, 6.45) is 1.74. The fourth-order valence-electron chi connectivity index (χ4n) is 2.17. The Morgan fingerprint density at radius 1 is 1.05 bits per heavy atom. The molecule has 1 aromatic rings. The van der Waals surface area contributed by atoms with Crippen molar-refractivity contribution in [2.45, 2.75) is 70.8 Å². The lowest BCUT2D eigenvalue weighted by Crippen LogP contribution is -2.34. The number of pyridine rings is 1. The smallest absolute Gasteiger partial charge is 0.0438 e. The van der Waals surface area contributed by atoms with E-state index >= 15 is 3.89 Å². The number of nitrogens with zero attached hydrogens (tertiary/aromatic N) is 1. The van der Waals surface area contributed by atoms with Crippen molar-refractivity contribution < 1.29 is 3.89 Å². The first kappa shape index (κ1) is 18.0. The molecule has 0 aliphatic rings. The van der Waals surface area contributed by atoms with Gasteiger partial charge >= 0.3 is 0 Å². The van der Waals surface area contributed by atoms with Gasteiger partial charge in [0.15, 0.2) is 0 Å². The lowest BCUT2D eigenvalue weighted by Gasteiger charge is -2.47. The van der Waals surface area contributed by atoms with E-state index in [1.54, 1.807) is 6.20 Å². The number of rotatable bonds is 1. The molecule has 0 aromatic carbocycles. The largest absolute Gasteiger partial charge is 0.260 e. The zero-order valence-electron chi connectivity index (χ0n) is 14.5. The molecule has 0 bridgehead atoms. The van der Waals surface area contributed by atoms with Gasteiger partial charge in [0.25, 0.3) is 0 Å². The van der Waals surface area contributed by atoms with E-state index in [4.69, 9.17) is 0 Å². The Balaban J connectivity index is 3.18. The van der Waals surface area contributed by atoms with Crippen LogP contribution in [0.5, 0.6) is 0 Å². The summed E-state index contributed by atoms with van der Waals surface area (Å²) < 4.78 is 14.7. The maximum Gasteiger partial charge on any atom is 0.0438 e. The van der Waals surface area contributed by atoms with E-state index in [2.05, 4.69) is 30.0 Å². The number of hydrogen-bond acceptors (Lipinski definition) is 1. The van der Waals surface area contributed by atoms with Gasteiger partial charge in [-0.15, -0.1) is 0 Å². The van der Waals surface area contributed by atoms with Crippen molar-refractivity contribution in [1.82, 2.24) is 4.98 Å². The second-order valence-electron chi connectivity index (χ2n) is 7.62. The molecule has 0 aliphatic carbocycles. The van der Waals surface area contributed by atoms with E-state index in [1.165, 1.54) is 0 Å². The fourth-order valence-corrected chi connectivity index (χ4v) is 4.88. The minimum Gasteiger partial charge on any atom is -0.260 e. The maximum absolute atomic E-state index is 15.6. The summed E-state index contributed by atoms with van der Waals surface area (Å²) in [5.74, 6) is 3.40. The number of hydrogen-bond donors (Lipinski definition) is 0. The topological polar surface area (TPSA) is 12.9 Å². The first-order valence-electron chi connectivity index (χ1n) is 7.39. The SMILES string of the molecule is CC(C)c1ccc(C#CS(F)(C(C)(C)C)C(C)(C)C)cn1. The minimum absolute atomic E-state index is 0.391. The van der Waals surface area contributed by atoms with Crippen molar-refractivity contribution in [2.75, 3.05) is 0 Å². The third-order valence-corrected chi connectivity index (χ3v) is 7.16. The van der Waals surface area contributed by atoms with E-state index in [0.29, 0.717) is 5.92 Å². The van der Waals surface area contributed by atoms with E-state index in [0.717, 1.165) is 11.3 Å². The highest BCUT2D eigenvalue weighted by atomic mass is 32.3. The fraction of sp³-hybridized carbons (Fsp3) is 0.611. The quantitative estimate of drug-likeness (QED) is 0.597. The van der Waals surface area contributed by atoms with Crippen molar-refractivity contribution in [3.05, 3.63) is 29.6 Å². The molecule has 0 atom stereocenters. The van der Waals surface area contributed by atoms with Crippen molar-refractivity contribution in [1.29, 1.82) is 0 Å². The molecule has 1 aromatic heterocycles. The van der Waals surface area contributed by atoms with E-state index in [-0.39, 0.29) is 0 Å². The third kappa shape index (κ3) is 4.01. The van der Waals surface area contributed by atoms with Gasteiger partial charge in [-0.25, -0.2) is 0 Å². The minimum atomic E-state index is -2.58. The Kier molecular flexibility index (Phi) is 5.16. The monoisotopic (exact) mass is 309 g/mol. The van der Waals surface area contributed by atoms with Crippen LogP contribution in [0.25, 0.3) is 0 Å². The van der Waals surface area contributed by atoms with E-state index in [1.807, 2.05) is 53.7 Å². The highest BCUT2D eigenvalue weighted by Crippen LogP contribution is 2.68. The summed E-state index contributed by atoms with van der Waals surface area (Å²) in [6.45, 7) is 15.8. The average molecular weight is 309 g/mol. The highest BCUT2D eigenvalue weighted by molar-refractivity contribution is 8.35. The lowest BCUT2D eigenvalue weighted by atomic mass is 10.1. The molecule has 1 heterocycles. The van der Waals surface area contributed by atoms with E-state index in [9.17, 15) is 0 Å². The molecular formula is C18H28FNS. The average Bonchev–Trinajstić information content (AvgIpc) is 2.33. The van der Waals surface area contributed by atoms with Crippen LogP contribution in [0.3, 0.4) is 0 Å². The van der Waals surface area contributed by atoms with Gasteiger partial charge in [-0.2, -0.15) is 3.89 Å². The summed E-state index contributed by atoms with van der Waals surface area (Å²) in [5.41, 5.74) is 1.81. The van der Waals surface area contributed by atoms with Crippen molar-refractivity contribution in [3.8, 4) is 11.2 Å². The molecule has 0 aliphatic heterocycles. The Hall–Kier alpha value is -1.01. The molecular weight excluding hydrogens is 281 g/mol. The summed E-state index contributed by atoms with van der Waals surface area (Å²) >= 11 is 0.